The molecule has 2 aliphatic carbocycles. The van der Waals surface area contributed by atoms with E-state index in [-0.39, 0.29) is 5.82 Å². The highest BCUT2D eigenvalue weighted by Crippen LogP contribution is 2.38. The SMILES string of the molecule is Fc1cccc(CC2CCC2CNC2CC2)c1Br. The van der Waals surface area contributed by atoms with Gasteiger partial charge in [0.1, 0.15) is 5.82 Å². The maximum atomic E-state index is 13.5. The Balaban J connectivity index is 1.56. The van der Waals surface area contributed by atoms with E-state index in [9.17, 15) is 4.39 Å². The second-order valence-electron chi connectivity index (χ2n) is 5.70. The number of hydrogen-bond donors (Lipinski definition) is 1. The fourth-order valence-corrected chi connectivity index (χ4v) is 3.20. The van der Waals surface area contributed by atoms with Gasteiger partial charge in [-0.25, -0.2) is 4.39 Å². The van der Waals surface area contributed by atoms with Crippen molar-refractivity contribution in [1.82, 2.24) is 5.32 Å². The van der Waals surface area contributed by atoms with Crippen LogP contribution in [0.15, 0.2) is 22.7 Å². The first-order valence-corrected chi connectivity index (χ1v) is 7.69. The summed E-state index contributed by atoms with van der Waals surface area (Å²) in [5, 5.41) is 3.61. The van der Waals surface area contributed by atoms with Crippen molar-refractivity contribution < 1.29 is 4.39 Å². The summed E-state index contributed by atoms with van der Waals surface area (Å²) in [7, 11) is 0. The van der Waals surface area contributed by atoms with Crippen LogP contribution in [-0.4, -0.2) is 12.6 Å². The Morgan fingerprint density at radius 3 is 2.61 bits per heavy atom. The van der Waals surface area contributed by atoms with E-state index in [0.717, 1.165) is 36.4 Å². The third kappa shape index (κ3) is 2.77. The first-order valence-electron chi connectivity index (χ1n) is 6.90. The van der Waals surface area contributed by atoms with Crippen molar-refractivity contribution in [2.75, 3.05) is 6.54 Å². The zero-order valence-electron chi connectivity index (χ0n) is 10.5. The van der Waals surface area contributed by atoms with Crippen LogP contribution in [0.3, 0.4) is 0 Å². The number of rotatable bonds is 5. The molecule has 2 unspecified atom stereocenters. The summed E-state index contributed by atoms with van der Waals surface area (Å²) in [5.41, 5.74) is 1.12. The third-order valence-corrected chi connectivity index (χ3v) is 5.22. The largest absolute Gasteiger partial charge is 0.314 e. The first-order chi connectivity index (χ1) is 8.74. The van der Waals surface area contributed by atoms with E-state index < -0.39 is 0 Å². The van der Waals surface area contributed by atoms with Crippen LogP contribution in [0.25, 0.3) is 0 Å². The van der Waals surface area contributed by atoms with Gasteiger partial charge in [0.2, 0.25) is 0 Å². The number of halogens is 2. The van der Waals surface area contributed by atoms with Crippen molar-refractivity contribution in [3.05, 3.63) is 34.1 Å². The molecular weight excluding hydrogens is 293 g/mol. The Bertz CT molecular complexity index is 431. The highest BCUT2D eigenvalue weighted by Gasteiger charge is 2.32. The summed E-state index contributed by atoms with van der Waals surface area (Å²) in [5.74, 6) is 1.38. The Morgan fingerprint density at radius 1 is 1.17 bits per heavy atom. The molecule has 2 atom stereocenters. The first kappa shape index (κ1) is 12.6. The molecule has 0 bridgehead atoms. The average Bonchev–Trinajstić information content (AvgIpc) is 3.14. The van der Waals surface area contributed by atoms with E-state index >= 15 is 0 Å². The monoisotopic (exact) mass is 311 g/mol. The molecule has 18 heavy (non-hydrogen) atoms. The lowest BCUT2D eigenvalue weighted by atomic mass is 9.70. The normalized spacial score (nSPS) is 27.0. The van der Waals surface area contributed by atoms with Crippen LogP contribution in [0.4, 0.5) is 4.39 Å². The molecule has 2 aliphatic rings. The maximum absolute atomic E-state index is 13.5. The molecule has 0 saturated heterocycles. The average molecular weight is 312 g/mol. The van der Waals surface area contributed by atoms with E-state index in [0.29, 0.717) is 4.47 Å². The predicted octanol–water partition coefficient (Wildman–Crippen LogP) is 3.91. The highest BCUT2D eigenvalue weighted by atomic mass is 79.9. The minimum Gasteiger partial charge on any atom is -0.314 e. The Labute approximate surface area is 116 Å². The molecule has 1 aromatic carbocycles. The fraction of sp³-hybridized carbons (Fsp3) is 0.600. The van der Waals surface area contributed by atoms with Gasteiger partial charge in [-0.15, -0.1) is 0 Å². The fourth-order valence-electron chi connectivity index (χ4n) is 2.77. The zero-order chi connectivity index (χ0) is 12.5. The smallest absolute Gasteiger partial charge is 0.137 e. The van der Waals surface area contributed by atoms with Crippen molar-refractivity contribution in [2.45, 2.75) is 38.1 Å². The van der Waals surface area contributed by atoms with Crippen LogP contribution < -0.4 is 5.32 Å². The third-order valence-electron chi connectivity index (χ3n) is 4.33. The molecule has 0 heterocycles. The predicted molar refractivity (Wildman–Crippen MR) is 75.0 cm³/mol. The van der Waals surface area contributed by atoms with E-state index in [4.69, 9.17) is 0 Å². The number of hydrogen-bond acceptors (Lipinski definition) is 1. The minimum absolute atomic E-state index is 0.139. The van der Waals surface area contributed by atoms with Gasteiger partial charge in [0.05, 0.1) is 4.47 Å². The van der Waals surface area contributed by atoms with Gasteiger partial charge in [-0.1, -0.05) is 12.1 Å². The molecule has 0 radical (unpaired) electrons. The van der Waals surface area contributed by atoms with E-state index in [1.807, 2.05) is 12.1 Å². The standard InChI is InChI=1S/C15H19BrFN/c16-15-11(2-1-3-14(15)17)8-10-4-5-12(10)9-18-13-6-7-13/h1-3,10,12-13,18H,4-9H2. The van der Waals surface area contributed by atoms with Crippen LogP contribution in [0.5, 0.6) is 0 Å². The molecule has 1 aromatic rings. The molecule has 3 rings (SSSR count). The highest BCUT2D eigenvalue weighted by molar-refractivity contribution is 9.10. The molecule has 0 amide bonds. The van der Waals surface area contributed by atoms with Crippen LogP contribution >= 0.6 is 15.9 Å². The second-order valence-corrected chi connectivity index (χ2v) is 6.49. The molecular formula is C15H19BrFN. The van der Waals surface area contributed by atoms with Gasteiger partial charge < -0.3 is 5.32 Å². The van der Waals surface area contributed by atoms with Gasteiger partial charge in [0.15, 0.2) is 0 Å². The molecule has 2 saturated carbocycles. The molecule has 98 valence electrons. The molecule has 0 aromatic heterocycles. The van der Waals surface area contributed by atoms with Gasteiger partial charge in [-0.2, -0.15) is 0 Å². The summed E-state index contributed by atoms with van der Waals surface area (Å²) in [6, 6.07) is 6.16. The zero-order valence-corrected chi connectivity index (χ0v) is 12.0. The van der Waals surface area contributed by atoms with Crippen molar-refractivity contribution in [1.29, 1.82) is 0 Å². The molecule has 0 aliphatic heterocycles. The van der Waals surface area contributed by atoms with Crippen molar-refractivity contribution in [3.63, 3.8) is 0 Å². The quantitative estimate of drug-likeness (QED) is 0.869. The summed E-state index contributed by atoms with van der Waals surface area (Å²) >= 11 is 3.36. The number of nitrogens with one attached hydrogen (secondary N) is 1. The van der Waals surface area contributed by atoms with Crippen LogP contribution in [0.2, 0.25) is 0 Å². The van der Waals surface area contributed by atoms with Gasteiger partial charge >= 0.3 is 0 Å². The maximum Gasteiger partial charge on any atom is 0.137 e. The summed E-state index contributed by atoms with van der Waals surface area (Å²) in [6.07, 6.45) is 6.34. The minimum atomic E-state index is -0.139. The lowest BCUT2D eigenvalue weighted by molar-refractivity contribution is 0.170. The van der Waals surface area contributed by atoms with E-state index in [1.54, 1.807) is 0 Å². The van der Waals surface area contributed by atoms with Gasteiger partial charge in [0, 0.05) is 6.04 Å². The molecule has 2 fully saturated rings. The summed E-state index contributed by atoms with van der Waals surface area (Å²) in [4.78, 5) is 0. The van der Waals surface area contributed by atoms with Gasteiger partial charge in [0.25, 0.3) is 0 Å². The van der Waals surface area contributed by atoms with Gasteiger partial charge in [-0.3, -0.25) is 0 Å². The number of benzene rings is 1. The summed E-state index contributed by atoms with van der Waals surface area (Å²) < 4.78 is 14.1. The van der Waals surface area contributed by atoms with Crippen LogP contribution in [-0.2, 0) is 6.42 Å². The Hall–Kier alpha value is -0.410. The van der Waals surface area contributed by atoms with E-state index in [2.05, 4.69) is 21.2 Å². The van der Waals surface area contributed by atoms with Crippen molar-refractivity contribution in [3.8, 4) is 0 Å². The molecule has 1 N–H and O–H groups in total. The van der Waals surface area contributed by atoms with Crippen molar-refractivity contribution in [2.24, 2.45) is 11.8 Å². The lowest BCUT2D eigenvalue weighted by Gasteiger charge is -2.37. The molecule has 0 spiro atoms. The Morgan fingerprint density at radius 2 is 1.94 bits per heavy atom. The lowest BCUT2D eigenvalue weighted by Crippen LogP contribution is -2.37. The molecule has 1 nitrogen and oxygen atoms in total. The second kappa shape index (κ2) is 5.30. The van der Waals surface area contributed by atoms with Crippen LogP contribution in [0.1, 0.15) is 31.2 Å². The van der Waals surface area contributed by atoms with Crippen molar-refractivity contribution >= 4 is 15.9 Å². The topological polar surface area (TPSA) is 12.0 Å². The van der Waals surface area contributed by atoms with Crippen LogP contribution in [0, 0.1) is 17.7 Å². The van der Waals surface area contributed by atoms with E-state index in [1.165, 1.54) is 31.7 Å². The molecule has 3 heteroatoms. The van der Waals surface area contributed by atoms with Gasteiger partial charge in [-0.05, 0) is 78.0 Å². The Kier molecular flexibility index (Phi) is 3.71. The summed E-state index contributed by atoms with van der Waals surface area (Å²) in [6.45, 7) is 1.16.